The summed E-state index contributed by atoms with van der Waals surface area (Å²) in [5.74, 6) is -0.0403. The zero-order valence-electron chi connectivity index (χ0n) is 11.8. The van der Waals surface area contributed by atoms with Crippen LogP contribution in [-0.4, -0.2) is 30.0 Å². The molecule has 0 fully saturated rings. The lowest BCUT2D eigenvalue weighted by Gasteiger charge is -2.25. The minimum absolute atomic E-state index is 0.00813. The molecule has 0 saturated carbocycles. The van der Waals surface area contributed by atoms with Gasteiger partial charge in [-0.2, -0.15) is 0 Å². The van der Waals surface area contributed by atoms with E-state index in [4.69, 9.17) is 10.5 Å². The molecule has 0 radical (unpaired) electrons. The Morgan fingerprint density at radius 3 is 2.70 bits per heavy atom. The van der Waals surface area contributed by atoms with E-state index in [0.29, 0.717) is 17.7 Å². The van der Waals surface area contributed by atoms with E-state index in [1.807, 2.05) is 0 Å². The summed E-state index contributed by atoms with van der Waals surface area (Å²) >= 11 is 0. The molecule has 0 heterocycles. The molecule has 1 amide bonds. The van der Waals surface area contributed by atoms with Crippen molar-refractivity contribution in [2.24, 2.45) is 5.73 Å². The molecule has 0 aromatic heterocycles. The van der Waals surface area contributed by atoms with Gasteiger partial charge in [0.25, 0.3) is 5.69 Å². The van der Waals surface area contributed by atoms with Crippen molar-refractivity contribution >= 4 is 11.6 Å². The van der Waals surface area contributed by atoms with Gasteiger partial charge in [0.2, 0.25) is 5.91 Å². The van der Waals surface area contributed by atoms with Crippen LogP contribution in [-0.2, 0) is 4.79 Å². The molecular formula is C13H19N3O4. The minimum Gasteiger partial charge on any atom is -0.493 e. The smallest absolute Gasteiger partial charge is 0.276 e. The largest absolute Gasteiger partial charge is 0.493 e. The Balaban J connectivity index is 2.74. The molecule has 0 aliphatic heterocycles. The number of benzene rings is 1. The molecule has 0 saturated heterocycles. The lowest BCUT2D eigenvalue weighted by Crippen LogP contribution is -2.52. The average molecular weight is 281 g/mol. The summed E-state index contributed by atoms with van der Waals surface area (Å²) in [5.41, 5.74) is 4.91. The first-order chi connectivity index (χ1) is 9.31. The van der Waals surface area contributed by atoms with Crippen LogP contribution < -0.4 is 15.8 Å². The van der Waals surface area contributed by atoms with Crippen molar-refractivity contribution in [2.45, 2.75) is 25.8 Å². The molecule has 0 spiro atoms. The maximum absolute atomic E-state index is 11.3. The van der Waals surface area contributed by atoms with Crippen molar-refractivity contribution < 1.29 is 14.5 Å². The normalized spacial score (nSPS) is 13.6. The van der Waals surface area contributed by atoms with E-state index >= 15 is 0 Å². The zero-order valence-corrected chi connectivity index (χ0v) is 11.8. The highest BCUT2D eigenvalue weighted by Crippen LogP contribution is 2.27. The Morgan fingerprint density at radius 2 is 2.20 bits per heavy atom. The van der Waals surface area contributed by atoms with Crippen molar-refractivity contribution in [2.75, 3.05) is 13.7 Å². The summed E-state index contributed by atoms with van der Waals surface area (Å²) in [6, 6.07) is 4.64. The molecular weight excluding hydrogens is 262 g/mol. The number of nitrogens with two attached hydrogens (primary N) is 1. The molecule has 1 atom stereocenters. The number of hydrogen-bond acceptors (Lipinski definition) is 5. The number of nitrogens with zero attached hydrogens (tertiary/aromatic N) is 1. The van der Waals surface area contributed by atoms with Crippen molar-refractivity contribution in [3.05, 3.63) is 33.9 Å². The zero-order chi connectivity index (χ0) is 15.3. The van der Waals surface area contributed by atoms with Crippen LogP contribution in [0.15, 0.2) is 18.2 Å². The van der Waals surface area contributed by atoms with E-state index in [1.165, 1.54) is 6.07 Å². The Morgan fingerprint density at radius 1 is 1.55 bits per heavy atom. The van der Waals surface area contributed by atoms with Gasteiger partial charge >= 0.3 is 0 Å². The highest BCUT2D eigenvalue weighted by Gasteiger charge is 2.28. The third-order valence-electron chi connectivity index (χ3n) is 3.41. The Bertz CT molecular complexity index is 518. The Kier molecular flexibility index (Phi) is 5.04. The van der Waals surface area contributed by atoms with Crippen LogP contribution in [0.25, 0.3) is 0 Å². The SMILES string of the molecule is CNC(C)(CCOc1cccc([N+](=O)[O-])c1C)C(N)=O. The molecule has 1 rings (SSSR count). The second kappa shape index (κ2) is 6.33. The van der Waals surface area contributed by atoms with Gasteiger partial charge in [-0.3, -0.25) is 14.9 Å². The first kappa shape index (κ1) is 15.9. The third-order valence-corrected chi connectivity index (χ3v) is 3.41. The number of nitrogens with one attached hydrogen (secondary N) is 1. The number of amides is 1. The fourth-order valence-electron chi connectivity index (χ4n) is 1.69. The van der Waals surface area contributed by atoms with Gasteiger partial charge < -0.3 is 15.8 Å². The molecule has 7 nitrogen and oxygen atoms in total. The predicted octanol–water partition coefficient (Wildman–Crippen LogP) is 1.14. The van der Waals surface area contributed by atoms with Gasteiger partial charge in [-0.1, -0.05) is 6.07 Å². The molecule has 110 valence electrons. The van der Waals surface area contributed by atoms with Crippen molar-refractivity contribution in [3.63, 3.8) is 0 Å². The number of nitro groups is 1. The van der Waals surface area contributed by atoms with Gasteiger partial charge in [-0.25, -0.2) is 0 Å². The van der Waals surface area contributed by atoms with E-state index in [1.54, 1.807) is 33.0 Å². The average Bonchev–Trinajstić information content (AvgIpc) is 2.39. The molecule has 0 aliphatic carbocycles. The van der Waals surface area contributed by atoms with Crippen LogP contribution >= 0.6 is 0 Å². The quantitative estimate of drug-likeness (QED) is 0.575. The molecule has 0 aliphatic rings. The molecule has 20 heavy (non-hydrogen) atoms. The van der Waals surface area contributed by atoms with Crippen LogP contribution in [0, 0.1) is 17.0 Å². The highest BCUT2D eigenvalue weighted by atomic mass is 16.6. The van der Waals surface area contributed by atoms with Crippen molar-refractivity contribution in [1.82, 2.24) is 5.32 Å². The second-order valence-corrected chi connectivity index (χ2v) is 4.70. The van der Waals surface area contributed by atoms with Crippen LogP contribution in [0.4, 0.5) is 5.69 Å². The van der Waals surface area contributed by atoms with Crippen LogP contribution in [0.2, 0.25) is 0 Å². The predicted molar refractivity (Wildman–Crippen MR) is 74.6 cm³/mol. The molecule has 7 heteroatoms. The molecule has 3 N–H and O–H groups in total. The van der Waals surface area contributed by atoms with Gasteiger partial charge in [0.15, 0.2) is 0 Å². The van der Waals surface area contributed by atoms with Crippen LogP contribution in [0.1, 0.15) is 18.9 Å². The lowest BCUT2D eigenvalue weighted by atomic mass is 9.98. The molecule has 1 aromatic rings. The summed E-state index contributed by atoms with van der Waals surface area (Å²) in [6.45, 7) is 3.53. The van der Waals surface area contributed by atoms with Crippen molar-refractivity contribution in [3.8, 4) is 5.75 Å². The first-order valence-corrected chi connectivity index (χ1v) is 6.17. The summed E-state index contributed by atoms with van der Waals surface area (Å²) in [4.78, 5) is 21.7. The topological polar surface area (TPSA) is 107 Å². The van der Waals surface area contributed by atoms with E-state index < -0.39 is 16.4 Å². The van der Waals surface area contributed by atoms with E-state index in [0.717, 1.165) is 0 Å². The standard InChI is InChI=1S/C13H19N3O4/c1-9-10(16(18)19)5-4-6-11(9)20-8-7-13(2,15-3)12(14)17/h4-6,15H,7-8H2,1-3H3,(H2,14,17). The van der Waals surface area contributed by atoms with Gasteiger partial charge in [0, 0.05) is 12.5 Å². The lowest BCUT2D eigenvalue weighted by molar-refractivity contribution is -0.385. The third kappa shape index (κ3) is 3.45. The number of primary amides is 1. The van der Waals surface area contributed by atoms with Gasteiger partial charge in [-0.05, 0) is 27.0 Å². The van der Waals surface area contributed by atoms with Crippen LogP contribution in [0.5, 0.6) is 5.75 Å². The first-order valence-electron chi connectivity index (χ1n) is 6.17. The van der Waals surface area contributed by atoms with Crippen molar-refractivity contribution in [1.29, 1.82) is 0 Å². The number of likely N-dealkylation sites (N-methyl/N-ethyl adjacent to an activating group) is 1. The van der Waals surface area contributed by atoms with Crippen LogP contribution in [0.3, 0.4) is 0 Å². The number of carbonyl (C=O) groups is 1. The van der Waals surface area contributed by atoms with Gasteiger partial charge in [-0.15, -0.1) is 0 Å². The minimum atomic E-state index is -0.866. The number of ether oxygens (including phenoxy) is 1. The number of rotatable bonds is 7. The second-order valence-electron chi connectivity index (χ2n) is 4.70. The summed E-state index contributed by atoms with van der Waals surface area (Å²) in [5, 5.41) is 13.7. The number of hydrogen-bond donors (Lipinski definition) is 2. The maximum atomic E-state index is 11.3. The molecule has 1 unspecified atom stereocenters. The Labute approximate surface area is 117 Å². The van der Waals surface area contributed by atoms with E-state index in [9.17, 15) is 14.9 Å². The van der Waals surface area contributed by atoms with E-state index in [2.05, 4.69) is 5.32 Å². The highest BCUT2D eigenvalue weighted by molar-refractivity contribution is 5.84. The summed E-state index contributed by atoms with van der Waals surface area (Å²) in [6.07, 6.45) is 0.362. The van der Waals surface area contributed by atoms with Gasteiger partial charge in [0.05, 0.1) is 22.6 Å². The molecule has 0 bridgehead atoms. The fraction of sp³-hybridized carbons (Fsp3) is 0.462. The number of nitro benzene ring substituents is 1. The monoisotopic (exact) mass is 281 g/mol. The fourth-order valence-corrected chi connectivity index (χ4v) is 1.69. The Hall–Kier alpha value is -2.15. The van der Waals surface area contributed by atoms with Gasteiger partial charge in [0.1, 0.15) is 5.75 Å². The number of carbonyl (C=O) groups excluding carboxylic acids is 1. The summed E-state index contributed by atoms with van der Waals surface area (Å²) in [7, 11) is 1.64. The van der Waals surface area contributed by atoms with E-state index in [-0.39, 0.29) is 12.3 Å². The maximum Gasteiger partial charge on any atom is 0.276 e. The molecule has 1 aromatic carbocycles. The summed E-state index contributed by atoms with van der Waals surface area (Å²) < 4.78 is 5.52.